The normalized spacial score (nSPS) is 16.9. The number of aromatic carboxylic acids is 1. The van der Waals surface area contributed by atoms with Gasteiger partial charge in [0.25, 0.3) is 5.91 Å². The number of aryl methyl sites for hydroxylation is 3. The molecule has 1 heterocycles. The molecule has 1 atom stereocenters. The Morgan fingerprint density at radius 1 is 1.08 bits per heavy atom. The lowest BCUT2D eigenvalue weighted by Gasteiger charge is -2.21. The van der Waals surface area contributed by atoms with E-state index in [0.29, 0.717) is 11.4 Å². The van der Waals surface area contributed by atoms with Crippen molar-refractivity contribution >= 4 is 29.2 Å². The molecule has 6 heteroatoms. The Hall–Kier alpha value is -3.15. The largest absolute Gasteiger partial charge is 0.545 e. The zero-order valence-electron chi connectivity index (χ0n) is 14.8. The highest BCUT2D eigenvalue weighted by Gasteiger charge is 2.40. The number of hydrogen-bond donors (Lipinski definition) is 1. The summed E-state index contributed by atoms with van der Waals surface area (Å²) in [4.78, 5) is 37.7. The van der Waals surface area contributed by atoms with E-state index in [1.807, 2.05) is 32.0 Å². The lowest BCUT2D eigenvalue weighted by molar-refractivity contribution is -0.255. The molecule has 0 bridgehead atoms. The average Bonchev–Trinajstić information content (AvgIpc) is 2.84. The fraction of sp³-hybridized carbons (Fsp3) is 0.250. The summed E-state index contributed by atoms with van der Waals surface area (Å²) in [5, 5.41) is 14.1. The molecule has 0 unspecified atom stereocenters. The van der Waals surface area contributed by atoms with Crippen LogP contribution in [0.2, 0.25) is 0 Å². The molecule has 1 aliphatic rings. The van der Waals surface area contributed by atoms with Crippen LogP contribution in [0.1, 0.15) is 33.5 Å². The Morgan fingerprint density at radius 2 is 1.73 bits per heavy atom. The summed E-state index contributed by atoms with van der Waals surface area (Å²) >= 11 is 0. The summed E-state index contributed by atoms with van der Waals surface area (Å²) in [5.74, 6) is -1.91. The maximum absolute atomic E-state index is 12.9. The third-order valence-electron chi connectivity index (χ3n) is 4.61. The second kappa shape index (κ2) is 6.63. The van der Waals surface area contributed by atoms with E-state index in [1.54, 1.807) is 13.0 Å². The van der Waals surface area contributed by atoms with Gasteiger partial charge in [-0.1, -0.05) is 30.3 Å². The van der Waals surface area contributed by atoms with Gasteiger partial charge in [0.1, 0.15) is 6.04 Å². The van der Waals surface area contributed by atoms with Gasteiger partial charge in [-0.25, -0.2) is 4.90 Å². The third kappa shape index (κ3) is 3.06. The Labute approximate surface area is 151 Å². The molecular weight excluding hydrogens is 332 g/mol. The molecule has 0 saturated carbocycles. The molecule has 0 aliphatic carbocycles. The minimum atomic E-state index is -1.29. The number of imide groups is 1. The number of carbonyl (C=O) groups is 3. The number of nitrogens with one attached hydrogen (secondary N) is 1. The average molecular weight is 351 g/mol. The highest BCUT2D eigenvalue weighted by atomic mass is 16.4. The van der Waals surface area contributed by atoms with Gasteiger partial charge in [0.2, 0.25) is 5.91 Å². The quantitative estimate of drug-likeness (QED) is 0.847. The van der Waals surface area contributed by atoms with Crippen molar-refractivity contribution in [2.75, 3.05) is 10.2 Å². The second-order valence-corrected chi connectivity index (χ2v) is 6.53. The number of nitrogens with zero attached hydrogens (tertiary/aromatic N) is 1. The summed E-state index contributed by atoms with van der Waals surface area (Å²) in [6.45, 7) is 5.51. The van der Waals surface area contributed by atoms with Gasteiger partial charge in [-0.05, 0) is 49.1 Å². The van der Waals surface area contributed by atoms with Crippen LogP contribution in [0.4, 0.5) is 11.4 Å². The molecule has 26 heavy (non-hydrogen) atoms. The first kappa shape index (κ1) is 17.7. The van der Waals surface area contributed by atoms with Crippen molar-refractivity contribution in [2.45, 2.75) is 33.2 Å². The van der Waals surface area contributed by atoms with Crippen LogP contribution in [-0.4, -0.2) is 23.8 Å². The Balaban J connectivity index is 1.91. The number of amides is 2. The van der Waals surface area contributed by atoms with Gasteiger partial charge in [-0.3, -0.25) is 9.59 Å². The summed E-state index contributed by atoms with van der Waals surface area (Å²) in [6, 6.07) is 9.36. The third-order valence-corrected chi connectivity index (χ3v) is 4.61. The molecule has 3 rings (SSSR count). The number of hydrogen-bond acceptors (Lipinski definition) is 5. The van der Waals surface area contributed by atoms with Gasteiger partial charge in [0.05, 0.1) is 18.1 Å². The van der Waals surface area contributed by atoms with E-state index in [2.05, 4.69) is 5.32 Å². The summed E-state index contributed by atoms with van der Waals surface area (Å²) in [5.41, 5.74) is 3.61. The molecule has 134 valence electrons. The molecule has 1 aliphatic heterocycles. The van der Waals surface area contributed by atoms with Gasteiger partial charge in [0, 0.05) is 5.69 Å². The van der Waals surface area contributed by atoms with E-state index in [-0.39, 0.29) is 23.8 Å². The van der Waals surface area contributed by atoms with Crippen molar-refractivity contribution in [1.82, 2.24) is 0 Å². The van der Waals surface area contributed by atoms with Crippen molar-refractivity contribution in [2.24, 2.45) is 0 Å². The summed E-state index contributed by atoms with van der Waals surface area (Å²) in [6.07, 6.45) is 0.0155. The molecule has 2 amide bonds. The summed E-state index contributed by atoms with van der Waals surface area (Å²) in [7, 11) is 0. The molecule has 1 N–H and O–H groups in total. The number of carbonyl (C=O) groups excluding carboxylic acids is 3. The Morgan fingerprint density at radius 3 is 2.35 bits per heavy atom. The van der Waals surface area contributed by atoms with Crippen molar-refractivity contribution in [3.05, 3.63) is 58.7 Å². The molecule has 2 aromatic carbocycles. The molecule has 0 radical (unpaired) electrons. The van der Waals surface area contributed by atoms with Crippen LogP contribution in [0.3, 0.4) is 0 Å². The highest BCUT2D eigenvalue weighted by Crippen LogP contribution is 2.31. The first-order valence-corrected chi connectivity index (χ1v) is 8.31. The van der Waals surface area contributed by atoms with Crippen molar-refractivity contribution < 1.29 is 19.5 Å². The Kier molecular flexibility index (Phi) is 4.50. The number of carboxylic acid groups (broad SMARTS) is 1. The standard InChI is InChI=1S/C20H20N2O4/c1-11-7-8-14(20(25)26)9-15(11)21-16-10-17(23)22(19(16)24)18-12(2)5-4-6-13(18)3/h4-9,16,21H,10H2,1-3H3,(H,25,26)/p-1/t16-/m1/s1. The van der Waals surface area contributed by atoms with Crippen molar-refractivity contribution in [3.63, 3.8) is 0 Å². The van der Waals surface area contributed by atoms with Crippen molar-refractivity contribution in [3.8, 4) is 0 Å². The van der Waals surface area contributed by atoms with Gasteiger partial charge < -0.3 is 15.2 Å². The highest BCUT2D eigenvalue weighted by molar-refractivity contribution is 6.23. The van der Waals surface area contributed by atoms with Crippen LogP contribution in [0.5, 0.6) is 0 Å². The number of rotatable bonds is 4. The van der Waals surface area contributed by atoms with Crippen LogP contribution >= 0.6 is 0 Å². The predicted molar refractivity (Wildman–Crippen MR) is 95.9 cm³/mol. The maximum Gasteiger partial charge on any atom is 0.256 e. The van der Waals surface area contributed by atoms with E-state index in [1.165, 1.54) is 17.0 Å². The molecule has 6 nitrogen and oxygen atoms in total. The smallest absolute Gasteiger partial charge is 0.256 e. The van der Waals surface area contributed by atoms with Crippen LogP contribution in [0, 0.1) is 20.8 Å². The lowest BCUT2D eigenvalue weighted by atomic mass is 10.1. The van der Waals surface area contributed by atoms with E-state index in [4.69, 9.17) is 0 Å². The first-order valence-electron chi connectivity index (χ1n) is 8.31. The van der Waals surface area contributed by atoms with E-state index in [9.17, 15) is 19.5 Å². The fourth-order valence-electron chi connectivity index (χ4n) is 3.23. The summed E-state index contributed by atoms with van der Waals surface area (Å²) < 4.78 is 0. The number of anilines is 2. The fourth-order valence-corrected chi connectivity index (χ4v) is 3.23. The van der Waals surface area contributed by atoms with Crippen LogP contribution in [0.15, 0.2) is 36.4 Å². The zero-order chi connectivity index (χ0) is 19.0. The van der Waals surface area contributed by atoms with E-state index >= 15 is 0 Å². The topological polar surface area (TPSA) is 89.5 Å². The minimum Gasteiger partial charge on any atom is -0.545 e. The molecule has 0 aromatic heterocycles. The van der Waals surface area contributed by atoms with Gasteiger partial charge in [0.15, 0.2) is 0 Å². The lowest BCUT2D eigenvalue weighted by Crippen LogP contribution is -2.35. The zero-order valence-corrected chi connectivity index (χ0v) is 14.8. The molecule has 1 fully saturated rings. The van der Waals surface area contributed by atoms with Gasteiger partial charge in [-0.2, -0.15) is 0 Å². The van der Waals surface area contributed by atoms with Gasteiger partial charge in [-0.15, -0.1) is 0 Å². The van der Waals surface area contributed by atoms with E-state index < -0.39 is 12.0 Å². The Bertz CT molecular complexity index is 900. The van der Waals surface area contributed by atoms with Gasteiger partial charge >= 0.3 is 0 Å². The second-order valence-electron chi connectivity index (χ2n) is 6.53. The first-order chi connectivity index (χ1) is 12.3. The number of carboxylic acids is 1. The number of para-hydroxylation sites is 1. The maximum atomic E-state index is 12.9. The SMILES string of the molecule is Cc1ccc(C(=O)[O-])cc1N[C@@H]1CC(=O)N(c2c(C)cccc2C)C1=O. The minimum absolute atomic E-state index is 0.0153. The van der Waals surface area contributed by atoms with Crippen molar-refractivity contribution in [1.29, 1.82) is 0 Å². The van der Waals surface area contributed by atoms with Crippen LogP contribution < -0.4 is 15.3 Å². The number of benzene rings is 2. The molecular formula is C20H19N2O4-. The molecule has 0 spiro atoms. The predicted octanol–water partition coefficient (Wildman–Crippen LogP) is 1.72. The molecule has 1 saturated heterocycles. The van der Waals surface area contributed by atoms with Crippen LogP contribution in [-0.2, 0) is 9.59 Å². The van der Waals surface area contributed by atoms with E-state index in [0.717, 1.165) is 16.7 Å². The molecule has 2 aromatic rings. The monoisotopic (exact) mass is 351 g/mol. The van der Waals surface area contributed by atoms with Crippen LogP contribution in [0.25, 0.3) is 0 Å².